The van der Waals surface area contributed by atoms with Gasteiger partial charge in [0.15, 0.2) is 0 Å². The zero-order valence-corrected chi connectivity index (χ0v) is 8.55. The van der Waals surface area contributed by atoms with Gasteiger partial charge in [-0.15, -0.1) is 0 Å². The highest BCUT2D eigenvalue weighted by Gasteiger charge is 2.38. The van der Waals surface area contributed by atoms with Gasteiger partial charge < -0.3 is 4.74 Å². The third-order valence-corrected chi connectivity index (χ3v) is 2.17. The van der Waals surface area contributed by atoms with Gasteiger partial charge in [-0.3, -0.25) is 4.98 Å². The number of ether oxygens (including phenoxy) is 1. The molecule has 0 spiro atoms. The fourth-order valence-electron chi connectivity index (χ4n) is 0.696. The zero-order chi connectivity index (χ0) is 10.6. The molecule has 0 fully saturated rings. The van der Waals surface area contributed by atoms with Crippen LogP contribution in [-0.4, -0.2) is 22.6 Å². The molecule has 1 heterocycles. The van der Waals surface area contributed by atoms with E-state index in [1.807, 2.05) is 0 Å². The van der Waals surface area contributed by atoms with Gasteiger partial charge in [-0.2, -0.15) is 13.2 Å². The number of alkyl halides is 4. The lowest BCUT2D eigenvalue weighted by Gasteiger charge is -2.14. The molecule has 1 rings (SSSR count). The Labute approximate surface area is 87.2 Å². The van der Waals surface area contributed by atoms with E-state index < -0.39 is 17.6 Å². The lowest BCUT2D eigenvalue weighted by molar-refractivity contribution is -0.132. The first-order valence-electron chi connectivity index (χ1n) is 3.74. The summed E-state index contributed by atoms with van der Waals surface area (Å²) < 4.78 is 40.9. The van der Waals surface area contributed by atoms with Crippen LogP contribution in [0, 0.1) is 0 Å². The van der Waals surface area contributed by atoms with Crippen molar-refractivity contribution < 1.29 is 17.9 Å². The quantitative estimate of drug-likeness (QED) is 0.788. The monoisotopic (exact) mass is 269 g/mol. The molecule has 0 amide bonds. The fourth-order valence-corrected chi connectivity index (χ4v) is 0.829. The molecule has 1 atom stereocenters. The van der Waals surface area contributed by atoms with E-state index in [2.05, 4.69) is 20.9 Å². The van der Waals surface area contributed by atoms with Gasteiger partial charge in [0.2, 0.25) is 0 Å². The summed E-state index contributed by atoms with van der Waals surface area (Å²) in [5.41, 5.74) is 0. The average Bonchev–Trinajstić information content (AvgIpc) is 2.14. The van der Waals surface area contributed by atoms with E-state index in [1.54, 1.807) is 12.1 Å². The Bertz CT molecular complexity index is 278. The van der Waals surface area contributed by atoms with Crippen LogP contribution in [0.4, 0.5) is 13.2 Å². The Balaban J connectivity index is 2.42. The Kier molecular flexibility index (Phi) is 3.74. The highest BCUT2D eigenvalue weighted by molar-refractivity contribution is 9.09. The minimum absolute atomic E-state index is 0.321. The van der Waals surface area contributed by atoms with Crippen LogP contribution in [0.5, 0.6) is 5.75 Å². The van der Waals surface area contributed by atoms with Crippen molar-refractivity contribution in [3.63, 3.8) is 0 Å². The van der Waals surface area contributed by atoms with Crippen molar-refractivity contribution in [3.05, 3.63) is 24.5 Å². The van der Waals surface area contributed by atoms with Crippen molar-refractivity contribution in [1.29, 1.82) is 0 Å². The molecule has 0 aliphatic heterocycles. The van der Waals surface area contributed by atoms with Crippen molar-refractivity contribution in [3.8, 4) is 5.75 Å². The molecule has 1 aromatic heterocycles. The zero-order valence-electron chi connectivity index (χ0n) is 6.96. The molecule has 0 saturated heterocycles. The van der Waals surface area contributed by atoms with Crippen LogP contribution in [0.25, 0.3) is 0 Å². The van der Waals surface area contributed by atoms with Crippen LogP contribution in [0.1, 0.15) is 0 Å². The molecule has 0 radical (unpaired) electrons. The van der Waals surface area contributed by atoms with Gasteiger partial charge in [0.1, 0.15) is 17.2 Å². The van der Waals surface area contributed by atoms with E-state index in [0.717, 1.165) is 0 Å². The highest BCUT2D eigenvalue weighted by atomic mass is 79.9. The van der Waals surface area contributed by atoms with Gasteiger partial charge in [-0.05, 0) is 12.1 Å². The standard InChI is InChI=1S/C8H7BrF3NO/c9-7(8(10,11)12)5-14-6-2-1-3-13-4-6/h1-4,7H,5H2. The molecule has 78 valence electrons. The molecule has 6 heteroatoms. The summed E-state index contributed by atoms with van der Waals surface area (Å²) >= 11 is 2.49. The lowest BCUT2D eigenvalue weighted by atomic mass is 10.4. The predicted molar refractivity (Wildman–Crippen MR) is 48.5 cm³/mol. The van der Waals surface area contributed by atoms with E-state index in [-0.39, 0.29) is 0 Å². The molecule has 0 aromatic carbocycles. The van der Waals surface area contributed by atoms with E-state index in [9.17, 15) is 13.2 Å². The number of hydrogen-bond donors (Lipinski definition) is 0. The first-order chi connectivity index (χ1) is 6.50. The molecule has 1 unspecified atom stereocenters. The van der Waals surface area contributed by atoms with Crippen molar-refractivity contribution >= 4 is 15.9 Å². The topological polar surface area (TPSA) is 22.1 Å². The fraction of sp³-hybridized carbons (Fsp3) is 0.375. The van der Waals surface area contributed by atoms with E-state index in [4.69, 9.17) is 4.74 Å². The van der Waals surface area contributed by atoms with Crippen molar-refractivity contribution in [2.75, 3.05) is 6.61 Å². The van der Waals surface area contributed by atoms with Crippen LogP contribution in [-0.2, 0) is 0 Å². The van der Waals surface area contributed by atoms with Crippen molar-refractivity contribution in [2.24, 2.45) is 0 Å². The second kappa shape index (κ2) is 4.63. The molecule has 0 aliphatic rings. The largest absolute Gasteiger partial charge is 0.490 e. The maximum absolute atomic E-state index is 12.0. The Morgan fingerprint density at radius 1 is 1.50 bits per heavy atom. The summed E-state index contributed by atoms with van der Waals surface area (Å²) in [7, 11) is 0. The molecular weight excluding hydrogens is 263 g/mol. The van der Waals surface area contributed by atoms with Gasteiger partial charge >= 0.3 is 6.18 Å². The molecule has 0 saturated carbocycles. The second-order valence-corrected chi connectivity index (χ2v) is 3.61. The Hall–Kier alpha value is -0.780. The number of halogens is 4. The minimum atomic E-state index is -4.29. The summed E-state index contributed by atoms with van der Waals surface area (Å²) in [6, 6.07) is 3.13. The first-order valence-corrected chi connectivity index (χ1v) is 4.65. The third kappa shape index (κ3) is 3.53. The number of nitrogens with zero attached hydrogens (tertiary/aromatic N) is 1. The van der Waals surface area contributed by atoms with Crippen molar-refractivity contribution in [2.45, 2.75) is 11.0 Å². The summed E-state index contributed by atoms with van der Waals surface area (Å²) in [4.78, 5) is 2.05. The smallest absolute Gasteiger partial charge is 0.404 e. The minimum Gasteiger partial charge on any atom is -0.490 e. The second-order valence-electron chi connectivity index (χ2n) is 2.51. The summed E-state index contributed by atoms with van der Waals surface area (Å²) in [6.07, 6.45) is -1.42. The van der Waals surface area contributed by atoms with E-state index in [0.29, 0.717) is 5.75 Å². The molecule has 0 aliphatic carbocycles. The number of pyridine rings is 1. The molecule has 2 nitrogen and oxygen atoms in total. The van der Waals surface area contributed by atoms with E-state index in [1.165, 1.54) is 12.4 Å². The molecule has 0 bridgehead atoms. The van der Waals surface area contributed by atoms with Gasteiger partial charge in [0, 0.05) is 6.20 Å². The van der Waals surface area contributed by atoms with Crippen LogP contribution < -0.4 is 4.74 Å². The van der Waals surface area contributed by atoms with Gasteiger partial charge in [0.05, 0.1) is 6.20 Å². The summed E-state index contributed by atoms with van der Waals surface area (Å²) in [5, 5.41) is 0. The van der Waals surface area contributed by atoms with Crippen LogP contribution in [0.3, 0.4) is 0 Å². The average molecular weight is 270 g/mol. The summed E-state index contributed by atoms with van der Waals surface area (Å²) in [6.45, 7) is -0.463. The normalized spacial score (nSPS) is 13.7. The molecule has 1 aromatic rings. The van der Waals surface area contributed by atoms with Crippen LogP contribution >= 0.6 is 15.9 Å². The third-order valence-electron chi connectivity index (χ3n) is 1.39. The van der Waals surface area contributed by atoms with Crippen LogP contribution in [0.15, 0.2) is 24.5 Å². The predicted octanol–water partition coefficient (Wildman–Crippen LogP) is 2.79. The number of hydrogen-bond acceptors (Lipinski definition) is 2. The Morgan fingerprint density at radius 2 is 2.21 bits per heavy atom. The lowest BCUT2D eigenvalue weighted by Crippen LogP contribution is -2.28. The van der Waals surface area contributed by atoms with Crippen LogP contribution in [0.2, 0.25) is 0 Å². The maximum Gasteiger partial charge on any atom is 0.404 e. The van der Waals surface area contributed by atoms with Gasteiger partial charge in [-0.25, -0.2) is 0 Å². The molecular formula is C8H7BrF3NO. The number of rotatable bonds is 3. The molecule has 14 heavy (non-hydrogen) atoms. The first kappa shape index (κ1) is 11.3. The maximum atomic E-state index is 12.0. The van der Waals surface area contributed by atoms with E-state index >= 15 is 0 Å². The SMILES string of the molecule is FC(F)(F)C(Br)COc1cccnc1. The highest BCUT2D eigenvalue weighted by Crippen LogP contribution is 2.26. The summed E-state index contributed by atoms with van der Waals surface area (Å²) in [5.74, 6) is 0.321. The molecule has 0 N–H and O–H groups in total. The van der Waals surface area contributed by atoms with Gasteiger partial charge in [0.25, 0.3) is 0 Å². The number of aromatic nitrogens is 1. The van der Waals surface area contributed by atoms with Crippen molar-refractivity contribution in [1.82, 2.24) is 4.98 Å². The van der Waals surface area contributed by atoms with Gasteiger partial charge in [-0.1, -0.05) is 15.9 Å². The Morgan fingerprint density at radius 3 is 2.71 bits per heavy atom.